The third-order valence-electron chi connectivity index (χ3n) is 3.46. The van der Waals surface area contributed by atoms with Crippen molar-refractivity contribution in [1.29, 1.82) is 0 Å². The molecule has 0 aromatic heterocycles. The summed E-state index contributed by atoms with van der Waals surface area (Å²) in [7, 11) is 0. The SMILES string of the molecule is CCNC(c1cc(Cl)ccc1Cl)C(C)(CC)OCC. The molecule has 1 aromatic rings. The molecule has 2 atom stereocenters. The molecular weight excluding hydrogens is 281 g/mol. The zero-order chi connectivity index (χ0) is 14.5. The molecule has 0 saturated carbocycles. The maximum atomic E-state index is 6.34. The first-order valence-electron chi connectivity index (χ1n) is 6.80. The van der Waals surface area contributed by atoms with Crippen molar-refractivity contribution in [3.63, 3.8) is 0 Å². The Morgan fingerprint density at radius 3 is 2.47 bits per heavy atom. The van der Waals surface area contributed by atoms with E-state index in [0.717, 1.165) is 23.6 Å². The van der Waals surface area contributed by atoms with Gasteiger partial charge in [-0.25, -0.2) is 0 Å². The highest BCUT2D eigenvalue weighted by Crippen LogP contribution is 2.36. The van der Waals surface area contributed by atoms with Crippen LogP contribution in [0.15, 0.2) is 18.2 Å². The molecule has 1 N–H and O–H groups in total. The summed E-state index contributed by atoms with van der Waals surface area (Å²) in [5.74, 6) is 0. The van der Waals surface area contributed by atoms with Crippen LogP contribution in [0.5, 0.6) is 0 Å². The van der Waals surface area contributed by atoms with E-state index >= 15 is 0 Å². The van der Waals surface area contributed by atoms with E-state index in [0.29, 0.717) is 11.6 Å². The summed E-state index contributed by atoms with van der Waals surface area (Å²) in [5.41, 5.74) is 0.688. The number of hydrogen-bond acceptors (Lipinski definition) is 2. The molecule has 4 heteroatoms. The highest BCUT2D eigenvalue weighted by atomic mass is 35.5. The standard InChI is InChI=1S/C15H23Cl2NO/c1-5-15(4,19-7-3)14(18-6-2)12-10-11(16)8-9-13(12)17/h8-10,14,18H,5-7H2,1-4H3. The zero-order valence-electron chi connectivity index (χ0n) is 12.1. The van der Waals surface area contributed by atoms with Crippen molar-refractivity contribution >= 4 is 23.2 Å². The van der Waals surface area contributed by atoms with Gasteiger partial charge in [-0.05, 0) is 50.6 Å². The van der Waals surface area contributed by atoms with Gasteiger partial charge in [-0.2, -0.15) is 0 Å². The Hall–Kier alpha value is -0.280. The molecular formula is C15H23Cl2NO. The number of hydrogen-bond donors (Lipinski definition) is 1. The zero-order valence-corrected chi connectivity index (χ0v) is 13.6. The van der Waals surface area contributed by atoms with Crippen LogP contribution in [0.2, 0.25) is 10.0 Å². The van der Waals surface area contributed by atoms with Crippen LogP contribution < -0.4 is 5.32 Å². The third-order valence-corrected chi connectivity index (χ3v) is 4.04. The predicted molar refractivity (Wildman–Crippen MR) is 83.2 cm³/mol. The van der Waals surface area contributed by atoms with Crippen molar-refractivity contribution in [2.45, 2.75) is 45.8 Å². The van der Waals surface area contributed by atoms with Crippen LogP contribution in [-0.2, 0) is 4.74 Å². The summed E-state index contributed by atoms with van der Waals surface area (Å²) in [4.78, 5) is 0. The van der Waals surface area contributed by atoms with Gasteiger partial charge in [0.25, 0.3) is 0 Å². The average Bonchev–Trinajstić information content (AvgIpc) is 2.39. The summed E-state index contributed by atoms with van der Waals surface area (Å²) in [6, 6.07) is 5.59. The monoisotopic (exact) mass is 303 g/mol. The molecule has 0 bridgehead atoms. The molecule has 0 heterocycles. The first kappa shape index (κ1) is 16.8. The number of benzene rings is 1. The number of ether oxygens (including phenoxy) is 1. The molecule has 19 heavy (non-hydrogen) atoms. The van der Waals surface area contributed by atoms with E-state index in [-0.39, 0.29) is 11.6 Å². The van der Waals surface area contributed by atoms with Gasteiger partial charge in [-0.1, -0.05) is 37.0 Å². The minimum atomic E-state index is -0.306. The molecule has 2 unspecified atom stereocenters. The molecule has 0 aliphatic heterocycles. The van der Waals surface area contributed by atoms with E-state index in [1.54, 1.807) is 6.07 Å². The van der Waals surface area contributed by atoms with Gasteiger partial charge >= 0.3 is 0 Å². The first-order chi connectivity index (χ1) is 8.98. The van der Waals surface area contributed by atoms with Gasteiger partial charge < -0.3 is 10.1 Å². The van der Waals surface area contributed by atoms with Crippen molar-refractivity contribution in [3.05, 3.63) is 33.8 Å². The minimum absolute atomic E-state index is 0.0219. The van der Waals surface area contributed by atoms with E-state index in [4.69, 9.17) is 27.9 Å². The van der Waals surface area contributed by atoms with Gasteiger partial charge in [0.05, 0.1) is 11.6 Å². The molecule has 0 fully saturated rings. The summed E-state index contributed by atoms with van der Waals surface area (Å²) in [5, 5.41) is 4.88. The maximum absolute atomic E-state index is 6.34. The molecule has 2 nitrogen and oxygen atoms in total. The lowest BCUT2D eigenvalue weighted by Gasteiger charge is -2.38. The van der Waals surface area contributed by atoms with E-state index in [1.165, 1.54) is 0 Å². The maximum Gasteiger partial charge on any atom is 0.0846 e. The second-order valence-electron chi connectivity index (χ2n) is 4.76. The quantitative estimate of drug-likeness (QED) is 0.777. The van der Waals surface area contributed by atoms with Crippen LogP contribution in [0.3, 0.4) is 0 Å². The normalized spacial score (nSPS) is 16.1. The second kappa shape index (κ2) is 7.49. The number of halogens is 2. The summed E-state index contributed by atoms with van der Waals surface area (Å²) in [6.07, 6.45) is 0.890. The van der Waals surface area contributed by atoms with Crippen molar-refractivity contribution in [3.8, 4) is 0 Å². The Kier molecular flexibility index (Phi) is 6.61. The molecule has 1 rings (SSSR count). The smallest absolute Gasteiger partial charge is 0.0846 e. The van der Waals surface area contributed by atoms with E-state index in [2.05, 4.69) is 26.1 Å². The molecule has 1 aromatic carbocycles. The Bertz CT molecular complexity index is 411. The van der Waals surface area contributed by atoms with Gasteiger partial charge in [-0.3, -0.25) is 0 Å². The Morgan fingerprint density at radius 2 is 1.95 bits per heavy atom. The van der Waals surface area contributed by atoms with Crippen LogP contribution in [0.25, 0.3) is 0 Å². The van der Waals surface area contributed by atoms with Crippen LogP contribution in [-0.4, -0.2) is 18.8 Å². The molecule has 108 valence electrons. The number of rotatable bonds is 7. The first-order valence-corrected chi connectivity index (χ1v) is 7.56. The van der Waals surface area contributed by atoms with Crippen LogP contribution in [0.1, 0.15) is 45.7 Å². The Balaban J connectivity index is 3.21. The average molecular weight is 304 g/mol. The fourth-order valence-electron chi connectivity index (χ4n) is 2.31. The largest absolute Gasteiger partial charge is 0.374 e. The van der Waals surface area contributed by atoms with E-state index in [9.17, 15) is 0 Å². The highest BCUT2D eigenvalue weighted by Gasteiger charge is 2.35. The van der Waals surface area contributed by atoms with Gasteiger partial charge in [-0.15, -0.1) is 0 Å². The summed E-state index contributed by atoms with van der Waals surface area (Å²) in [6.45, 7) is 9.84. The molecule has 0 aliphatic rings. The molecule has 0 aliphatic carbocycles. The van der Waals surface area contributed by atoms with Crippen molar-refractivity contribution < 1.29 is 4.74 Å². The molecule has 0 spiro atoms. The Labute approximate surface area is 126 Å². The molecule has 0 amide bonds. The van der Waals surface area contributed by atoms with E-state index < -0.39 is 0 Å². The molecule has 0 radical (unpaired) electrons. The van der Waals surface area contributed by atoms with Crippen LogP contribution in [0.4, 0.5) is 0 Å². The van der Waals surface area contributed by atoms with Crippen molar-refractivity contribution in [2.24, 2.45) is 0 Å². The van der Waals surface area contributed by atoms with Gasteiger partial charge in [0.1, 0.15) is 0 Å². The highest BCUT2D eigenvalue weighted by molar-refractivity contribution is 6.33. The Morgan fingerprint density at radius 1 is 1.26 bits per heavy atom. The van der Waals surface area contributed by atoms with Gasteiger partial charge in [0, 0.05) is 16.7 Å². The second-order valence-corrected chi connectivity index (χ2v) is 5.60. The lowest BCUT2D eigenvalue weighted by molar-refractivity contribution is -0.0559. The van der Waals surface area contributed by atoms with Crippen molar-refractivity contribution in [1.82, 2.24) is 5.32 Å². The third kappa shape index (κ3) is 4.09. The lowest BCUT2D eigenvalue weighted by Crippen LogP contribution is -2.43. The van der Waals surface area contributed by atoms with Gasteiger partial charge in [0.2, 0.25) is 0 Å². The summed E-state index contributed by atoms with van der Waals surface area (Å²) < 4.78 is 5.98. The van der Waals surface area contributed by atoms with Gasteiger partial charge in [0.15, 0.2) is 0 Å². The van der Waals surface area contributed by atoms with Crippen LogP contribution >= 0.6 is 23.2 Å². The fourth-order valence-corrected chi connectivity index (χ4v) is 2.72. The topological polar surface area (TPSA) is 21.3 Å². The lowest BCUT2D eigenvalue weighted by atomic mass is 9.87. The molecule has 0 saturated heterocycles. The summed E-state index contributed by atoms with van der Waals surface area (Å²) >= 11 is 12.4. The van der Waals surface area contributed by atoms with Crippen LogP contribution in [0, 0.1) is 0 Å². The minimum Gasteiger partial charge on any atom is -0.374 e. The van der Waals surface area contributed by atoms with Crippen molar-refractivity contribution in [2.75, 3.05) is 13.2 Å². The fraction of sp³-hybridized carbons (Fsp3) is 0.600. The predicted octanol–water partition coefficient (Wildman–Crippen LogP) is 4.85. The van der Waals surface area contributed by atoms with E-state index in [1.807, 2.05) is 19.1 Å². The number of likely N-dealkylation sites (N-methyl/N-ethyl adjacent to an activating group) is 1. The number of nitrogens with one attached hydrogen (secondary N) is 1.